The van der Waals surface area contributed by atoms with E-state index in [-0.39, 0.29) is 17.8 Å². The minimum absolute atomic E-state index is 0.267. The number of hydrogen-bond acceptors (Lipinski definition) is 3. The number of carbonyl (C=O) groups excluding carboxylic acids is 3. The largest absolute Gasteiger partial charge is 0.331 e. The Morgan fingerprint density at radius 3 is 2.62 bits per heavy atom. The van der Waals surface area contributed by atoms with Gasteiger partial charge in [0.15, 0.2) is 0 Å². The van der Waals surface area contributed by atoms with Crippen LogP contribution in [0.3, 0.4) is 0 Å². The Balaban J connectivity index is 2.31. The minimum atomic E-state index is -0.335. The Hall–Kier alpha value is -2.63. The zero-order valence-electron chi connectivity index (χ0n) is 12.0. The summed E-state index contributed by atoms with van der Waals surface area (Å²) in [6, 6.07) is 4.96. The summed E-state index contributed by atoms with van der Waals surface area (Å²) < 4.78 is 0. The summed E-state index contributed by atoms with van der Waals surface area (Å²) in [7, 11) is 0. The highest BCUT2D eigenvalue weighted by atomic mass is 16.2. The van der Waals surface area contributed by atoms with Gasteiger partial charge < -0.3 is 5.32 Å². The van der Waals surface area contributed by atoms with Gasteiger partial charge in [-0.05, 0) is 30.7 Å². The van der Waals surface area contributed by atoms with E-state index in [4.69, 9.17) is 0 Å². The van der Waals surface area contributed by atoms with E-state index in [9.17, 15) is 14.4 Å². The molecule has 0 atom stereocenters. The van der Waals surface area contributed by atoms with E-state index in [0.29, 0.717) is 24.5 Å². The van der Waals surface area contributed by atoms with Crippen molar-refractivity contribution in [3.63, 3.8) is 0 Å². The molecule has 2 rings (SSSR count). The number of nitrogens with one attached hydrogen (secondary N) is 1. The highest BCUT2D eigenvalue weighted by Crippen LogP contribution is 2.29. The van der Waals surface area contributed by atoms with Gasteiger partial charge in [0, 0.05) is 25.7 Å². The predicted octanol–water partition coefficient (Wildman–Crippen LogP) is 1.91. The zero-order chi connectivity index (χ0) is 15.6. The summed E-state index contributed by atoms with van der Waals surface area (Å²) in [6.07, 6.45) is 1.19. The van der Waals surface area contributed by atoms with Gasteiger partial charge in [0.25, 0.3) is 0 Å². The lowest BCUT2D eigenvalue weighted by molar-refractivity contribution is -0.125. The van der Waals surface area contributed by atoms with Crippen LogP contribution in [-0.2, 0) is 9.59 Å². The third-order valence-corrected chi connectivity index (χ3v) is 3.43. The van der Waals surface area contributed by atoms with Crippen molar-refractivity contribution in [2.75, 3.05) is 23.3 Å². The Bertz CT molecular complexity index is 625. The smallest absolute Gasteiger partial charge is 0.322 e. The second-order valence-corrected chi connectivity index (χ2v) is 4.75. The van der Waals surface area contributed by atoms with Crippen LogP contribution >= 0.6 is 0 Å². The van der Waals surface area contributed by atoms with E-state index in [1.54, 1.807) is 23.1 Å². The first kappa shape index (κ1) is 14.8. The number of carbonyl (C=O) groups is 3. The molecule has 1 aromatic rings. The molecule has 1 fully saturated rings. The van der Waals surface area contributed by atoms with Crippen LogP contribution in [0.5, 0.6) is 0 Å². The SMILES string of the molecule is C=CC(=O)Nc1cccc(N2CCN(C(C)=O)C2=O)c1C. The lowest BCUT2D eigenvalue weighted by Crippen LogP contribution is -2.35. The molecular formula is C15H17N3O3. The second-order valence-electron chi connectivity index (χ2n) is 4.75. The van der Waals surface area contributed by atoms with Gasteiger partial charge in [-0.2, -0.15) is 0 Å². The van der Waals surface area contributed by atoms with Crippen LogP contribution in [0.25, 0.3) is 0 Å². The summed E-state index contributed by atoms with van der Waals surface area (Å²) in [4.78, 5) is 37.8. The number of hydrogen-bond donors (Lipinski definition) is 1. The topological polar surface area (TPSA) is 69.7 Å². The number of urea groups is 1. The molecule has 1 heterocycles. The summed E-state index contributed by atoms with van der Waals surface area (Å²) in [6.45, 7) is 7.41. The first-order valence-electron chi connectivity index (χ1n) is 6.58. The lowest BCUT2D eigenvalue weighted by atomic mass is 10.1. The van der Waals surface area contributed by atoms with Gasteiger partial charge in [-0.25, -0.2) is 4.79 Å². The molecule has 0 aromatic heterocycles. The van der Waals surface area contributed by atoms with Gasteiger partial charge in [0.1, 0.15) is 0 Å². The fourth-order valence-electron chi connectivity index (χ4n) is 2.29. The second kappa shape index (κ2) is 5.78. The number of imide groups is 1. The van der Waals surface area contributed by atoms with Gasteiger partial charge in [-0.15, -0.1) is 0 Å². The molecule has 0 aliphatic carbocycles. The van der Waals surface area contributed by atoms with Crippen molar-refractivity contribution in [3.05, 3.63) is 36.4 Å². The van der Waals surface area contributed by atoms with Gasteiger partial charge in [0.2, 0.25) is 11.8 Å². The molecule has 0 radical (unpaired) electrons. The molecule has 21 heavy (non-hydrogen) atoms. The molecule has 0 spiro atoms. The molecule has 1 aromatic carbocycles. The highest BCUT2D eigenvalue weighted by Gasteiger charge is 2.33. The Labute approximate surface area is 123 Å². The van der Waals surface area contributed by atoms with Crippen LogP contribution in [0.15, 0.2) is 30.9 Å². The summed E-state index contributed by atoms with van der Waals surface area (Å²) >= 11 is 0. The lowest BCUT2D eigenvalue weighted by Gasteiger charge is -2.20. The van der Waals surface area contributed by atoms with Crippen molar-refractivity contribution in [1.82, 2.24) is 4.90 Å². The van der Waals surface area contributed by atoms with E-state index >= 15 is 0 Å². The van der Waals surface area contributed by atoms with Crippen LogP contribution in [-0.4, -0.2) is 35.8 Å². The minimum Gasteiger partial charge on any atom is -0.322 e. The van der Waals surface area contributed by atoms with Gasteiger partial charge in [0.05, 0.1) is 5.69 Å². The fraction of sp³-hybridized carbons (Fsp3) is 0.267. The van der Waals surface area contributed by atoms with Crippen molar-refractivity contribution < 1.29 is 14.4 Å². The summed E-state index contributed by atoms with van der Waals surface area (Å²) in [5, 5.41) is 2.70. The Morgan fingerprint density at radius 2 is 2.05 bits per heavy atom. The maximum Gasteiger partial charge on any atom is 0.331 e. The van der Waals surface area contributed by atoms with Crippen LogP contribution in [0.1, 0.15) is 12.5 Å². The maximum absolute atomic E-state index is 12.2. The third-order valence-electron chi connectivity index (χ3n) is 3.43. The van der Waals surface area contributed by atoms with Gasteiger partial charge >= 0.3 is 6.03 Å². The van der Waals surface area contributed by atoms with E-state index in [0.717, 1.165) is 5.56 Å². The summed E-state index contributed by atoms with van der Waals surface area (Å²) in [5.74, 6) is -0.579. The van der Waals surface area contributed by atoms with Crippen molar-refractivity contribution in [2.45, 2.75) is 13.8 Å². The molecule has 1 N–H and O–H groups in total. The van der Waals surface area contributed by atoms with Crippen LogP contribution in [0.4, 0.5) is 16.2 Å². The monoisotopic (exact) mass is 287 g/mol. The van der Waals surface area contributed by atoms with Crippen LogP contribution < -0.4 is 10.2 Å². The van der Waals surface area contributed by atoms with Crippen molar-refractivity contribution in [2.24, 2.45) is 0 Å². The van der Waals surface area contributed by atoms with E-state index in [1.807, 2.05) is 6.92 Å². The van der Waals surface area contributed by atoms with E-state index < -0.39 is 0 Å². The van der Waals surface area contributed by atoms with Crippen LogP contribution in [0, 0.1) is 6.92 Å². The van der Waals surface area contributed by atoms with E-state index in [1.165, 1.54) is 17.9 Å². The zero-order valence-corrected chi connectivity index (χ0v) is 12.0. The summed E-state index contributed by atoms with van der Waals surface area (Å²) in [5.41, 5.74) is 2.07. The number of rotatable bonds is 3. The fourth-order valence-corrected chi connectivity index (χ4v) is 2.29. The predicted molar refractivity (Wildman–Crippen MR) is 80.1 cm³/mol. The van der Waals surface area contributed by atoms with Gasteiger partial charge in [-0.1, -0.05) is 12.6 Å². The molecule has 1 aliphatic rings. The molecule has 0 saturated carbocycles. The highest BCUT2D eigenvalue weighted by molar-refractivity contribution is 6.05. The third kappa shape index (κ3) is 2.79. The standard InChI is InChI=1S/C15H17N3O3/c1-4-14(20)16-12-6-5-7-13(10(12)2)18-9-8-17(11(3)19)15(18)21/h4-7H,1,8-9H2,2-3H3,(H,16,20). The molecule has 1 saturated heterocycles. The van der Waals surface area contributed by atoms with Crippen LogP contribution in [0.2, 0.25) is 0 Å². The van der Waals surface area contributed by atoms with Gasteiger partial charge in [-0.3, -0.25) is 19.4 Å². The molecule has 1 aliphatic heterocycles. The van der Waals surface area contributed by atoms with E-state index in [2.05, 4.69) is 11.9 Å². The molecule has 0 bridgehead atoms. The Morgan fingerprint density at radius 1 is 1.33 bits per heavy atom. The molecule has 4 amide bonds. The number of amides is 4. The molecule has 110 valence electrons. The maximum atomic E-state index is 12.2. The molecule has 6 heteroatoms. The van der Waals surface area contributed by atoms with Crippen molar-refractivity contribution >= 4 is 29.2 Å². The number of benzene rings is 1. The molecular weight excluding hydrogens is 270 g/mol. The normalized spacial score (nSPS) is 14.3. The first-order chi connectivity index (χ1) is 9.95. The quantitative estimate of drug-likeness (QED) is 0.863. The Kier molecular flexibility index (Phi) is 4.07. The van der Waals surface area contributed by atoms with Crippen molar-refractivity contribution in [3.8, 4) is 0 Å². The molecule has 0 unspecified atom stereocenters. The van der Waals surface area contributed by atoms with Crippen molar-refractivity contribution in [1.29, 1.82) is 0 Å². The first-order valence-corrected chi connectivity index (χ1v) is 6.58. The molecule has 6 nitrogen and oxygen atoms in total. The average Bonchev–Trinajstić information content (AvgIpc) is 2.83. The number of anilines is 2. The average molecular weight is 287 g/mol. The number of nitrogens with zero attached hydrogens (tertiary/aromatic N) is 2.